The summed E-state index contributed by atoms with van der Waals surface area (Å²) in [5.41, 5.74) is 1.05. The molecule has 3 rings (SSSR count). The van der Waals surface area contributed by atoms with Crippen molar-refractivity contribution < 1.29 is 13.9 Å². The van der Waals surface area contributed by atoms with Gasteiger partial charge in [-0.05, 0) is 25.9 Å². The van der Waals surface area contributed by atoms with Gasteiger partial charge in [-0.1, -0.05) is 0 Å². The molecule has 0 atom stereocenters. The lowest BCUT2D eigenvalue weighted by atomic mass is 9.94. The molecule has 7 nitrogen and oxygen atoms in total. The summed E-state index contributed by atoms with van der Waals surface area (Å²) in [6.45, 7) is 1.24. The molecule has 2 aromatic heterocycles. The molecule has 2 N–H and O–H groups in total. The quantitative estimate of drug-likeness (QED) is 0.633. The fraction of sp³-hybridized carbons (Fsp3) is 0.533. The van der Waals surface area contributed by atoms with E-state index in [-0.39, 0.29) is 30.1 Å². The van der Waals surface area contributed by atoms with Crippen molar-refractivity contribution in [3.63, 3.8) is 0 Å². The van der Waals surface area contributed by atoms with Crippen LogP contribution in [0.4, 0.5) is 4.39 Å². The van der Waals surface area contributed by atoms with Crippen LogP contribution in [0, 0.1) is 0 Å². The van der Waals surface area contributed by atoms with Gasteiger partial charge in [-0.3, -0.25) is 9.18 Å². The average molecular weight is 322 g/mol. The van der Waals surface area contributed by atoms with E-state index in [1.165, 1.54) is 12.3 Å². The third kappa shape index (κ3) is 3.26. The molecule has 23 heavy (non-hydrogen) atoms. The van der Waals surface area contributed by atoms with Crippen molar-refractivity contribution in [2.75, 3.05) is 26.4 Å². The van der Waals surface area contributed by atoms with Gasteiger partial charge in [0.05, 0.1) is 25.2 Å². The van der Waals surface area contributed by atoms with Crippen molar-refractivity contribution in [3.05, 3.63) is 33.9 Å². The number of nitrogens with zero attached hydrogens (tertiary/aromatic N) is 2. The maximum Gasteiger partial charge on any atom is 0.343 e. The van der Waals surface area contributed by atoms with E-state index >= 15 is 0 Å². The van der Waals surface area contributed by atoms with E-state index in [0.29, 0.717) is 5.65 Å². The molecule has 0 bridgehead atoms. The second-order valence-electron chi connectivity index (χ2n) is 5.58. The van der Waals surface area contributed by atoms with E-state index in [1.54, 1.807) is 4.52 Å². The second kappa shape index (κ2) is 6.91. The van der Waals surface area contributed by atoms with E-state index in [1.807, 2.05) is 0 Å². The van der Waals surface area contributed by atoms with E-state index in [4.69, 9.17) is 4.74 Å². The number of aromatic amines is 1. The number of hydrogen-bond donors (Lipinski definition) is 2. The largest absolute Gasteiger partial charge is 0.462 e. The predicted octanol–water partition coefficient (Wildman–Crippen LogP) is 1.01. The normalized spacial score (nSPS) is 15.9. The SMILES string of the molecule is O=C(OCCCF)c1cnn2c(C3CCNCC3)cc(=O)[nH]c12. The molecule has 0 spiro atoms. The summed E-state index contributed by atoms with van der Waals surface area (Å²) in [5, 5.41) is 7.51. The molecule has 0 aromatic carbocycles. The van der Waals surface area contributed by atoms with Gasteiger partial charge in [0.25, 0.3) is 5.56 Å². The first kappa shape index (κ1) is 15.7. The second-order valence-corrected chi connectivity index (χ2v) is 5.58. The minimum atomic E-state index is -0.605. The van der Waals surface area contributed by atoms with E-state index in [0.717, 1.165) is 31.6 Å². The number of nitrogens with one attached hydrogen (secondary N) is 2. The van der Waals surface area contributed by atoms with Gasteiger partial charge in [-0.2, -0.15) is 5.10 Å². The van der Waals surface area contributed by atoms with Gasteiger partial charge < -0.3 is 15.0 Å². The van der Waals surface area contributed by atoms with Gasteiger partial charge in [0.1, 0.15) is 5.56 Å². The molecular weight excluding hydrogens is 303 g/mol. The lowest BCUT2D eigenvalue weighted by molar-refractivity contribution is 0.0496. The Morgan fingerprint density at radius 2 is 2.22 bits per heavy atom. The third-order valence-corrected chi connectivity index (χ3v) is 4.02. The number of rotatable bonds is 5. The van der Waals surface area contributed by atoms with Gasteiger partial charge in [-0.15, -0.1) is 0 Å². The fourth-order valence-corrected chi connectivity index (χ4v) is 2.87. The van der Waals surface area contributed by atoms with Crippen LogP contribution in [-0.2, 0) is 4.74 Å². The van der Waals surface area contributed by atoms with Gasteiger partial charge in [0.15, 0.2) is 5.65 Å². The number of H-pyrrole nitrogens is 1. The topological polar surface area (TPSA) is 88.5 Å². The number of aromatic nitrogens is 3. The average Bonchev–Trinajstić information content (AvgIpc) is 2.98. The molecular formula is C15H19FN4O3. The summed E-state index contributed by atoms with van der Waals surface area (Å²) in [4.78, 5) is 26.7. The van der Waals surface area contributed by atoms with Crippen LogP contribution in [0.3, 0.4) is 0 Å². The molecule has 1 aliphatic rings. The van der Waals surface area contributed by atoms with Crippen LogP contribution in [0.5, 0.6) is 0 Å². The number of fused-ring (bicyclic) bond motifs is 1. The zero-order chi connectivity index (χ0) is 16.2. The summed E-state index contributed by atoms with van der Waals surface area (Å²) in [5.74, 6) is -0.386. The molecule has 0 radical (unpaired) electrons. The van der Waals surface area contributed by atoms with Crippen molar-refractivity contribution >= 4 is 11.6 Å². The van der Waals surface area contributed by atoms with Crippen LogP contribution in [0.2, 0.25) is 0 Å². The fourth-order valence-electron chi connectivity index (χ4n) is 2.87. The van der Waals surface area contributed by atoms with Crippen molar-refractivity contribution in [2.24, 2.45) is 0 Å². The molecule has 0 amide bonds. The number of carbonyl (C=O) groups is 1. The van der Waals surface area contributed by atoms with Crippen LogP contribution in [0.1, 0.15) is 41.2 Å². The van der Waals surface area contributed by atoms with Gasteiger partial charge in [0, 0.05) is 18.4 Å². The minimum Gasteiger partial charge on any atom is -0.462 e. The highest BCUT2D eigenvalue weighted by atomic mass is 19.1. The molecule has 1 aliphatic heterocycles. The maximum atomic E-state index is 12.1. The molecule has 1 saturated heterocycles. The van der Waals surface area contributed by atoms with Crippen molar-refractivity contribution in [2.45, 2.75) is 25.2 Å². The van der Waals surface area contributed by atoms with Crippen molar-refractivity contribution in [1.29, 1.82) is 0 Å². The number of hydrogen-bond acceptors (Lipinski definition) is 5. The lowest BCUT2D eigenvalue weighted by Gasteiger charge is -2.23. The van der Waals surface area contributed by atoms with Gasteiger partial charge in [0.2, 0.25) is 0 Å². The monoisotopic (exact) mass is 322 g/mol. The van der Waals surface area contributed by atoms with Crippen molar-refractivity contribution in [1.82, 2.24) is 19.9 Å². The smallest absolute Gasteiger partial charge is 0.343 e. The van der Waals surface area contributed by atoms with Crippen LogP contribution in [0.15, 0.2) is 17.1 Å². The number of piperidine rings is 1. The number of carbonyl (C=O) groups excluding carboxylic acids is 1. The van der Waals surface area contributed by atoms with Gasteiger partial charge in [-0.25, -0.2) is 9.31 Å². The highest BCUT2D eigenvalue weighted by Gasteiger charge is 2.22. The zero-order valence-electron chi connectivity index (χ0n) is 12.7. The van der Waals surface area contributed by atoms with Crippen molar-refractivity contribution in [3.8, 4) is 0 Å². The third-order valence-electron chi connectivity index (χ3n) is 4.02. The molecule has 0 unspecified atom stereocenters. The first-order valence-electron chi connectivity index (χ1n) is 7.75. The number of ether oxygens (including phenoxy) is 1. The lowest BCUT2D eigenvalue weighted by Crippen LogP contribution is -2.28. The highest BCUT2D eigenvalue weighted by Crippen LogP contribution is 2.25. The van der Waals surface area contributed by atoms with Crippen LogP contribution in [-0.4, -0.2) is 46.9 Å². The minimum absolute atomic E-state index is 0.00485. The highest BCUT2D eigenvalue weighted by molar-refractivity contribution is 5.95. The summed E-state index contributed by atoms with van der Waals surface area (Å²) < 4.78 is 18.7. The molecule has 3 heterocycles. The van der Waals surface area contributed by atoms with E-state index in [2.05, 4.69) is 15.4 Å². The Labute approximate surface area is 131 Å². The molecule has 0 saturated carbocycles. The van der Waals surface area contributed by atoms with E-state index < -0.39 is 12.6 Å². The Kier molecular flexibility index (Phi) is 4.71. The predicted molar refractivity (Wildman–Crippen MR) is 81.5 cm³/mol. The first-order valence-corrected chi connectivity index (χ1v) is 7.75. The zero-order valence-corrected chi connectivity index (χ0v) is 12.7. The Hall–Kier alpha value is -2.22. The Balaban J connectivity index is 1.94. The van der Waals surface area contributed by atoms with Crippen LogP contribution < -0.4 is 10.9 Å². The van der Waals surface area contributed by atoms with Crippen LogP contribution in [0.25, 0.3) is 5.65 Å². The molecule has 124 valence electrons. The molecule has 1 fully saturated rings. The molecule has 2 aromatic rings. The Bertz CT molecular complexity index is 749. The summed E-state index contributed by atoms with van der Waals surface area (Å²) >= 11 is 0. The summed E-state index contributed by atoms with van der Waals surface area (Å²) in [7, 11) is 0. The molecule has 8 heteroatoms. The Morgan fingerprint density at radius 3 is 2.96 bits per heavy atom. The van der Waals surface area contributed by atoms with Gasteiger partial charge >= 0.3 is 5.97 Å². The number of esters is 1. The van der Waals surface area contributed by atoms with Crippen LogP contribution >= 0.6 is 0 Å². The van der Waals surface area contributed by atoms with E-state index in [9.17, 15) is 14.0 Å². The summed E-state index contributed by atoms with van der Waals surface area (Å²) in [6.07, 6.45) is 3.36. The maximum absolute atomic E-state index is 12.1. The number of alkyl halides is 1. The summed E-state index contributed by atoms with van der Waals surface area (Å²) in [6, 6.07) is 1.54. The standard InChI is InChI=1S/C15H19FN4O3/c16-4-1-7-23-15(22)11-9-18-20-12(8-13(21)19-14(11)20)10-2-5-17-6-3-10/h8-10,17H,1-7H2,(H,19,21). The Morgan fingerprint density at radius 1 is 1.43 bits per heavy atom. The number of halogens is 1. The first-order chi connectivity index (χ1) is 11.2. The molecule has 0 aliphatic carbocycles.